The standard InChI is InChI=1S/C27H39ClN4O3Si2/c1-33-26-20(8-10-23-25(26)29-17-32(23)19-35-13-15-37(5,6)7)22-16-31(18-34-12-14-36(2,3)4)27-21(22)9-11-24(28)30-27/h8-11,16-17H,12-15,18-19H2,1-7H3. The summed E-state index contributed by atoms with van der Waals surface area (Å²) in [4.78, 5) is 9.30. The summed E-state index contributed by atoms with van der Waals surface area (Å²) < 4.78 is 22.0. The number of hydrogen-bond donors (Lipinski definition) is 0. The zero-order chi connectivity index (χ0) is 26.8. The van der Waals surface area contributed by atoms with Crippen LogP contribution >= 0.6 is 11.6 Å². The Balaban J connectivity index is 1.64. The molecule has 0 fully saturated rings. The SMILES string of the molecule is COc1c(-c2cn(COCC[Si](C)(C)C)c3nc(Cl)ccc23)ccc2c1ncn2COCC[Si](C)(C)C. The molecular formula is C27H39ClN4O3Si2. The lowest BCUT2D eigenvalue weighted by Crippen LogP contribution is -2.22. The van der Waals surface area contributed by atoms with Crippen molar-refractivity contribution in [1.29, 1.82) is 0 Å². The Morgan fingerprint density at radius 1 is 0.838 bits per heavy atom. The molecule has 0 unspecified atom stereocenters. The summed E-state index contributed by atoms with van der Waals surface area (Å²) in [7, 11) is -0.604. The van der Waals surface area contributed by atoms with Gasteiger partial charge in [-0.2, -0.15) is 0 Å². The van der Waals surface area contributed by atoms with Crippen molar-refractivity contribution >= 4 is 49.8 Å². The Morgan fingerprint density at radius 2 is 1.49 bits per heavy atom. The monoisotopic (exact) mass is 558 g/mol. The number of halogens is 1. The summed E-state index contributed by atoms with van der Waals surface area (Å²) in [6.45, 7) is 16.5. The van der Waals surface area contributed by atoms with Crippen LogP contribution in [0.3, 0.4) is 0 Å². The van der Waals surface area contributed by atoms with Crippen LogP contribution in [-0.4, -0.2) is 55.6 Å². The number of methoxy groups -OCH3 is 1. The number of fused-ring (bicyclic) bond motifs is 2. The molecule has 7 nitrogen and oxygen atoms in total. The number of nitrogens with zero attached hydrogens (tertiary/aromatic N) is 4. The van der Waals surface area contributed by atoms with Crippen molar-refractivity contribution in [2.45, 2.75) is 64.8 Å². The molecule has 0 bridgehead atoms. The minimum absolute atomic E-state index is 0.419. The Labute approximate surface area is 226 Å². The molecule has 3 heterocycles. The molecule has 1 aromatic carbocycles. The van der Waals surface area contributed by atoms with Gasteiger partial charge in [-0.25, -0.2) is 9.97 Å². The zero-order valence-electron chi connectivity index (χ0n) is 23.1. The van der Waals surface area contributed by atoms with Crippen molar-refractivity contribution in [1.82, 2.24) is 19.1 Å². The third-order valence-corrected chi connectivity index (χ3v) is 10.0. The third-order valence-electron chi connectivity index (χ3n) is 6.38. The fourth-order valence-electron chi connectivity index (χ4n) is 4.17. The largest absolute Gasteiger partial charge is 0.494 e. The predicted octanol–water partition coefficient (Wildman–Crippen LogP) is 7.34. The zero-order valence-corrected chi connectivity index (χ0v) is 25.9. The van der Waals surface area contributed by atoms with Gasteiger partial charge in [0.1, 0.15) is 29.8 Å². The maximum absolute atomic E-state index is 6.28. The average molecular weight is 559 g/mol. The summed E-state index contributed by atoms with van der Waals surface area (Å²) in [5, 5.41) is 1.45. The second kappa shape index (κ2) is 11.3. The molecule has 0 saturated heterocycles. The number of aromatic nitrogens is 4. The first-order valence-electron chi connectivity index (χ1n) is 12.8. The van der Waals surface area contributed by atoms with Crippen LogP contribution in [0.4, 0.5) is 0 Å². The van der Waals surface area contributed by atoms with E-state index in [1.807, 2.05) is 27.6 Å². The lowest BCUT2D eigenvalue weighted by molar-refractivity contribution is 0.0897. The fraction of sp³-hybridized carbons (Fsp3) is 0.481. The first kappa shape index (κ1) is 27.8. The molecule has 0 spiro atoms. The second-order valence-electron chi connectivity index (χ2n) is 11.9. The summed E-state index contributed by atoms with van der Waals surface area (Å²) in [6, 6.07) is 10.2. The highest BCUT2D eigenvalue weighted by molar-refractivity contribution is 6.76. The van der Waals surface area contributed by atoms with Crippen molar-refractivity contribution in [3.8, 4) is 16.9 Å². The molecule has 3 aromatic heterocycles. The topological polar surface area (TPSA) is 63.3 Å². The van der Waals surface area contributed by atoms with Crippen LogP contribution in [0, 0.1) is 0 Å². The van der Waals surface area contributed by atoms with Crippen molar-refractivity contribution in [3.63, 3.8) is 0 Å². The summed E-state index contributed by atoms with van der Waals surface area (Å²) in [6.07, 6.45) is 3.89. The summed E-state index contributed by atoms with van der Waals surface area (Å²) in [5.74, 6) is 0.729. The van der Waals surface area contributed by atoms with E-state index >= 15 is 0 Å². The van der Waals surface area contributed by atoms with Gasteiger partial charge >= 0.3 is 0 Å². The van der Waals surface area contributed by atoms with E-state index in [0.717, 1.165) is 64.2 Å². The first-order valence-corrected chi connectivity index (χ1v) is 20.6. The van der Waals surface area contributed by atoms with Crippen molar-refractivity contribution in [3.05, 3.63) is 41.9 Å². The van der Waals surface area contributed by atoms with E-state index in [1.54, 1.807) is 7.11 Å². The highest BCUT2D eigenvalue weighted by Crippen LogP contribution is 2.40. The fourth-order valence-corrected chi connectivity index (χ4v) is 5.82. The van der Waals surface area contributed by atoms with E-state index in [9.17, 15) is 0 Å². The number of rotatable bonds is 12. The van der Waals surface area contributed by atoms with Gasteiger partial charge in [-0.3, -0.25) is 0 Å². The van der Waals surface area contributed by atoms with Gasteiger partial charge in [0.15, 0.2) is 5.75 Å². The van der Waals surface area contributed by atoms with E-state index in [0.29, 0.717) is 18.6 Å². The maximum atomic E-state index is 6.28. The minimum atomic E-state index is -1.17. The maximum Gasteiger partial charge on any atom is 0.154 e. The third kappa shape index (κ3) is 6.83. The number of hydrogen-bond acceptors (Lipinski definition) is 5. The van der Waals surface area contributed by atoms with Crippen LogP contribution in [0.15, 0.2) is 36.8 Å². The highest BCUT2D eigenvalue weighted by Gasteiger charge is 2.20. The molecule has 0 aliphatic heterocycles. The van der Waals surface area contributed by atoms with Crippen LogP contribution in [0.1, 0.15) is 0 Å². The predicted molar refractivity (Wildman–Crippen MR) is 158 cm³/mol. The molecule has 10 heteroatoms. The van der Waals surface area contributed by atoms with Crippen molar-refractivity contribution in [2.75, 3.05) is 20.3 Å². The number of ether oxygens (including phenoxy) is 3. The van der Waals surface area contributed by atoms with E-state index in [1.165, 1.54) is 0 Å². The number of benzene rings is 1. The number of pyridine rings is 1. The van der Waals surface area contributed by atoms with Crippen LogP contribution in [0.25, 0.3) is 33.2 Å². The Morgan fingerprint density at radius 3 is 2.11 bits per heavy atom. The Kier molecular flexibility index (Phi) is 8.49. The van der Waals surface area contributed by atoms with Crippen LogP contribution in [-0.2, 0) is 22.9 Å². The van der Waals surface area contributed by atoms with E-state index in [4.69, 9.17) is 25.8 Å². The van der Waals surface area contributed by atoms with E-state index in [2.05, 4.69) is 67.6 Å². The summed E-state index contributed by atoms with van der Waals surface area (Å²) >= 11 is 6.28. The van der Waals surface area contributed by atoms with E-state index in [-0.39, 0.29) is 0 Å². The molecule has 0 aliphatic rings. The molecule has 4 rings (SSSR count). The molecule has 0 radical (unpaired) electrons. The number of imidazole rings is 1. The average Bonchev–Trinajstić information content (AvgIpc) is 3.39. The van der Waals surface area contributed by atoms with Gasteiger partial charge in [-0.15, -0.1) is 0 Å². The van der Waals surface area contributed by atoms with Crippen LogP contribution in [0.5, 0.6) is 5.75 Å². The molecule has 0 saturated carbocycles. The smallest absolute Gasteiger partial charge is 0.154 e. The molecule has 37 heavy (non-hydrogen) atoms. The normalized spacial score (nSPS) is 12.6. The van der Waals surface area contributed by atoms with Crippen LogP contribution < -0.4 is 4.74 Å². The van der Waals surface area contributed by atoms with Crippen molar-refractivity contribution in [2.24, 2.45) is 0 Å². The first-order chi connectivity index (χ1) is 17.5. The second-order valence-corrected chi connectivity index (χ2v) is 23.6. The van der Waals surface area contributed by atoms with Gasteiger partial charge in [0.2, 0.25) is 0 Å². The molecule has 0 aliphatic carbocycles. The van der Waals surface area contributed by atoms with Gasteiger partial charge in [0.25, 0.3) is 0 Å². The highest BCUT2D eigenvalue weighted by atomic mass is 35.5. The molecule has 0 N–H and O–H groups in total. The molecule has 0 atom stereocenters. The van der Waals surface area contributed by atoms with Gasteiger partial charge in [0.05, 0.1) is 19.0 Å². The molecular weight excluding hydrogens is 520 g/mol. The summed E-state index contributed by atoms with van der Waals surface area (Å²) in [5.41, 5.74) is 4.54. The Bertz CT molecular complexity index is 1370. The quantitative estimate of drug-likeness (QED) is 0.103. The van der Waals surface area contributed by atoms with Gasteiger partial charge < -0.3 is 23.3 Å². The molecule has 4 aromatic rings. The molecule has 200 valence electrons. The Hall–Kier alpha value is -2.18. The van der Waals surface area contributed by atoms with Crippen molar-refractivity contribution < 1.29 is 14.2 Å². The van der Waals surface area contributed by atoms with Gasteiger partial charge in [0, 0.05) is 52.1 Å². The van der Waals surface area contributed by atoms with E-state index < -0.39 is 16.1 Å². The lowest BCUT2D eigenvalue weighted by atomic mass is 10.0. The molecule has 0 amide bonds. The lowest BCUT2D eigenvalue weighted by Gasteiger charge is -2.16. The van der Waals surface area contributed by atoms with Gasteiger partial charge in [-0.05, 0) is 36.4 Å². The van der Waals surface area contributed by atoms with Crippen LogP contribution in [0.2, 0.25) is 56.5 Å². The minimum Gasteiger partial charge on any atom is -0.494 e. The van der Waals surface area contributed by atoms with Gasteiger partial charge in [-0.1, -0.05) is 50.9 Å².